The van der Waals surface area contributed by atoms with Crippen LogP contribution in [-0.2, 0) is 0 Å². The van der Waals surface area contributed by atoms with Crippen LogP contribution >= 0.6 is 0 Å². The van der Waals surface area contributed by atoms with Crippen molar-refractivity contribution in [2.75, 3.05) is 33.4 Å². The van der Waals surface area contributed by atoms with E-state index in [2.05, 4.69) is 4.98 Å². The molecule has 7 nitrogen and oxygen atoms in total. The molecule has 0 unspecified atom stereocenters. The molecule has 2 aromatic carbocycles. The minimum absolute atomic E-state index is 0.0386. The molecule has 2 aliphatic rings. The van der Waals surface area contributed by atoms with Crippen LogP contribution in [0.1, 0.15) is 40.5 Å². The van der Waals surface area contributed by atoms with Crippen molar-refractivity contribution in [3.63, 3.8) is 0 Å². The molecule has 0 saturated carbocycles. The van der Waals surface area contributed by atoms with Crippen molar-refractivity contribution in [2.24, 2.45) is 5.92 Å². The predicted molar refractivity (Wildman–Crippen MR) is 137 cm³/mol. The number of methoxy groups -OCH3 is 1. The largest absolute Gasteiger partial charge is 0.497 e. The van der Waals surface area contributed by atoms with Crippen molar-refractivity contribution in [3.8, 4) is 22.8 Å². The van der Waals surface area contributed by atoms with Crippen LogP contribution in [0.25, 0.3) is 11.3 Å². The van der Waals surface area contributed by atoms with Gasteiger partial charge in [-0.3, -0.25) is 14.6 Å². The summed E-state index contributed by atoms with van der Waals surface area (Å²) in [5, 5.41) is 0. The fourth-order valence-electron chi connectivity index (χ4n) is 5.51. The SMILES string of the molecule is CCOc1c(F)c(F)cc(C(=O)N2C[C@H]3CCCN(C(=O)c4cccnc4-c4cccc(OC)c4)[C@H]3C2)c1F. The lowest BCUT2D eigenvalue weighted by molar-refractivity contribution is 0.0564. The molecule has 39 heavy (non-hydrogen) atoms. The number of aromatic nitrogens is 1. The molecule has 3 heterocycles. The summed E-state index contributed by atoms with van der Waals surface area (Å²) in [6.45, 7) is 2.31. The number of amides is 2. The Morgan fingerprint density at radius 1 is 1.03 bits per heavy atom. The van der Waals surface area contributed by atoms with Gasteiger partial charge in [0.25, 0.3) is 11.8 Å². The first-order chi connectivity index (χ1) is 18.8. The zero-order chi connectivity index (χ0) is 27.7. The zero-order valence-electron chi connectivity index (χ0n) is 21.6. The van der Waals surface area contributed by atoms with E-state index in [4.69, 9.17) is 9.47 Å². The third-order valence-corrected chi connectivity index (χ3v) is 7.35. The summed E-state index contributed by atoms with van der Waals surface area (Å²) >= 11 is 0. The topological polar surface area (TPSA) is 72.0 Å². The Labute approximate surface area is 224 Å². The number of rotatable bonds is 6. The third-order valence-electron chi connectivity index (χ3n) is 7.35. The quantitative estimate of drug-likeness (QED) is 0.415. The molecule has 2 aliphatic heterocycles. The molecular weight excluding hydrogens is 511 g/mol. The number of pyridine rings is 1. The van der Waals surface area contributed by atoms with E-state index in [9.17, 15) is 18.4 Å². The maximum absolute atomic E-state index is 15.0. The van der Waals surface area contributed by atoms with E-state index in [-0.39, 0.29) is 37.6 Å². The molecule has 5 rings (SSSR count). The molecule has 0 N–H and O–H groups in total. The van der Waals surface area contributed by atoms with Crippen molar-refractivity contribution < 1.29 is 32.2 Å². The smallest absolute Gasteiger partial charge is 0.257 e. The number of hydrogen-bond acceptors (Lipinski definition) is 5. The Balaban J connectivity index is 1.42. The van der Waals surface area contributed by atoms with E-state index < -0.39 is 34.7 Å². The number of piperidine rings is 1. The van der Waals surface area contributed by atoms with Crippen LogP contribution in [0.5, 0.6) is 11.5 Å². The first kappa shape index (κ1) is 26.5. The highest BCUT2D eigenvalue weighted by molar-refractivity contribution is 6.00. The van der Waals surface area contributed by atoms with Gasteiger partial charge in [0, 0.05) is 31.4 Å². The number of benzene rings is 2. The van der Waals surface area contributed by atoms with Crippen LogP contribution in [0.15, 0.2) is 48.7 Å². The lowest BCUT2D eigenvalue weighted by Gasteiger charge is -2.37. The molecule has 10 heteroatoms. The molecule has 1 aromatic heterocycles. The van der Waals surface area contributed by atoms with E-state index >= 15 is 4.39 Å². The van der Waals surface area contributed by atoms with Crippen LogP contribution in [0.2, 0.25) is 0 Å². The second kappa shape index (κ2) is 11.0. The molecule has 2 fully saturated rings. The fraction of sp³-hybridized carbons (Fsp3) is 0.345. The Hall–Kier alpha value is -4.08. The summed E-state index contributed by atoms with van der Waals surface area (Å²) in [5.74, 6) is -5.37. The monoisotopic (exact) mass is 539 g/mol. The Bertz CT molecular complexity index is 1420. The average Bonchev–Trinajstić information content (AvgIpc) is 3.41. The van der Waals surface area contributed by atoms with Crippen molar-refractivity contribution in [1.29, 1.82) is 0 Å². The van der Waals surface area contributed by atoms with E-state index in [0.717, 1.165) is 18.4 Å². The summed E-state index contributed by atoms with van der Waals surface area (Å²) < 4.78 is 53.6. The maximum atomic E-state index is 15.0. The number of fused-ring (bicyclic) bond motifs is 1. The molecule has 0 aliphatic carbocycles. The van der Waals surface area contributed by atoms with Gasteiger partial charge in [-0.1, -0.05) is 12.1 Å². The highest BCUT2D eigenvalue weighted by Gasteiger charge is 2.44. The summed E-state index contributed by atoms with van der Waals surface area (Å²) in [5.41, 5.74) is 1.07. The first-order valence-corrected chi connectivity index (χ1v) is 12.8. The standard InChI is InChI=1S/C29H28F3N3O4/c1-3-39-27-24(31)21(14-22(30)25(27)32)28(36)34-15-18-8-6-12-35(23(18)16-34)29(37)20-10-5-11-33-26(20)17-7-4-9-19(13-17)38-2/h4-5,7,9-11,13-14,18,23H,3,6,8,12,15-16H2,1-2H3/t18-,23+/m1/s1. The van der Waals surface area contributed by atoms with Crippen molar-refractivity contribution in [1.82, 2.24) is 14.8 Å². The summed E-state index contributed by atoms with van der Waals surface area (Å²) in [6, 6.07) is 11.0. The number of halogens is 3. The van der Waals surface area contributed by atoms with Crippen LogP contribution in [0, 0.1) is 23.4 Å². The van der Waals surface area contributed by atoms with Gasteiger partial charge in [0.2, 0.25) is 5.82 Å². The minimum Gasteiger partial charge on any atom is -0.497 e. The number of hydrogen-bond donors (Lipinski definition) is 0. The normalized spacial score (nSPS) is 18.6. The second-order valence-corrected chi connectivity index (χ2v) is 9.61. The first-order valence-electron chi connectivity index (χ1n) is 12.8. The average molecular weight is 540 g/mol. The molecule has 2 atom stereocenters. The highest BCUT2D eigenvalue weighted by atomic mass is 19.2. The second-order valence-electron chi connectivity index (χ2n) is 9.61. The van der Waals surface area contributed by atoms with Gasteiger partial charge in [-0.15, -0.1) is 0 Å². The molecule has 2 amide bonds. The van der Waals surface area contributed by atoms with Gasteiger partial charge in [-0.05, 0) is 56.0 Å². The molecule has 2 saturated heterocycles. The number of nitrogens with zero attached hydrogens (tertiary/aromatic N) is 3. The van der Waals surface area contributed by atoms with Gasteiger partial charge >= 0.3 is 0 Å². The molecule has 0 bridgehead atoms. The zero-order valence-corrected chi connectivity index (χ0v) is 21.6. The fourth-order valence-corrected chi connectivity index (χ4v) is 5.51. The summed E-state index contributed by atoms with van der Waals surface area (Å²) in [4.78, 5) is 34.8. The van der Waals surface area contributed by atoms with Crippen molar-refractivity contribution >= 4 is 11.8 Å². The maximum Gasteiger partial charge on any atom is 0.257 e. The van der Waals surface area contributed by atoms with E-state index in [0.29, 0.717) is 29.6 Å². The molecular formula is C29H28F3N3O4. The van der Waals surface area contributed by atoms with Crippen LogP contribution in [0.4, 0.5) is 13.2 Å². The predicted octanol–water partition coefficient (Wildman–Crippen LogP) is 4.95. The minimum atomic E-state index is -1.47. The van der Waals surface area contributed by atoms with Gasteiger partial charge in [-0.2, -0.15) is 4.39 Å². The Morgan fingerprint density at radius 3 is 2.62 bits per heavy atom. The lowest BCUT2D eigenvalue weighted by Crippen LogP contribution is -2.48. The van der Waals surface area contributed by atoms with Gasteiger partial charge < -0.3 is 19.3 Å². The van der Waals surface area contributed by atoms with Crippen LogP contribution in [-0.4, -0.2) is 66.0 Å². The molecule has 204 valence electrons. The molecule has 0 spiro atoms. The van der Waals surface area contributed by atoms with Crippen molar-refractivity contribution in [3.05, 3.63) is 77.2 Å². The van der Waals surface area contributed by atoms with E-state index in [1.165, 1.54) is 11.8 Å². The third kappa shape index (κ3) is 4.91. The van der Waals surface area contributed by atoms with E-state index in [1.807, 2.05) is 12.1 Å². The van der Waals surface area contributed by atoms with Crippen molar-refractivity contribution in [2.45, 2.75) is 25.8 Å². The number of likely N-dealkylation sites (tertiary alicyclic amines) is 2. The number of carbonyl (C=O) groups is 2. The van der Waals surface area contributed by atoms with Gasteiger partial charge in [0.05, 0.1) is 36.6 Å². The number of carbonyl (C=O) groups excluding carboxylic acids is 2. The van der Waals surface area contributed by atoms with Crippen LogP contribution < -0.4 is 9.47 Å². The van der Waals surface area contributed by atoms with Crippen LogP contribution in [0.3, 0.4) is 0 Å². The molecule has 3 aromatic rings. The number of ether oxygens (including phenoxy) is 2. The van der Waals surface area contributed by atoms with Gasteiger partial charge in [-0.25, -0.2) is 8.78 Å². The summed E-state index contributed by atoms with van der Waals surface area (Å²) in [7, 11) is 1.56. The van der Waals surface area contributed by atoms with E-state index in [1.54, 1.807) is 42.5 Å². The highest BCUT2D eigenvalue weighted by Crippen LogP contribution is 2.35. The summed E-state index contributed by atoms with van der Waals surface area (Å²) in [6.07, 6.45) is 3.13. The lowest BCUT2D eigenvalue weighted by atomic mass is 9.91. The van der Waals surface area contributed by atoms with Gasteiger partial charge in [0.1, 0.15) is 5.75 Å². The van der Waals surface area contributed by atoms with Gasteiger partial charge in [0.15, 0.2) is 17.4 Å². The Kier molecular flexibility index (Phi) is 7.45. The Morgan fingerprint density at radius 2 is 1.85 bits per heavy atom. The molecule has 0 radical (unpaired) electrons.